The predicted molar refractivity (Wildman–Crippen MR) is 63.2 cm³/mol. The number of amides is 1. The highest BCUT2D eigenvalue weighted by molar-refractivity contribution is 5.96. The Labute approximate surface area is 95.5 Å². The van der Waals surface area contributed by atoms with Gasteiger partial charge in [0.15, 0.2) is 0 Å². The number of terminal acetylenes is 1. The van der Waals surface area contributed by atoms with E-state index >= 15 is 0 Å². The molecule has 3 heteroatoms. The van der Waals surface area contributed by atoms with E-state index in [1.54, 1.807) is 12.1 Å². The highest BCUT2D eigenvalue weighted by Gasteiger charge is 2.09. The van der Waals surface area contributed by atoms with Crippen LogP contribution in [0.3, 0.4) is 0 Å². The van der Waals surface area contributed by atoms with Crippen LogP contribution in [0.2, 0.25) is 0 Å². The molecule has 0 bridgehead atoms. The van der Waals surface area contributed by atoms with Crippen molar-refractivity contribution in [1.29, 1.82) is 0 Å². The van der Waals surface area contributed by atoms with Gasteiger partial charge >= 0.3 is 0 Å². The molecule has 1 aromatic carbocycles. The van der Waals surface area contributed by atoms with Crippen molar-refractivity contribution in [3.63, 3.8) is 0 Å². The second-order valence-electron chi connectivity index (χ2n) is 3.58. The van der Waals surface area contributed by atoms with Crippen LogP contribution in [0.1, 0.15) is 28.8 Å². The lowest BCUT2D eigenvalue weighted by molar-refractivity contribution is 0.0950. The van der Waals surface area contributed by atoms with E-state index in [0.717, 1.165) is 12.0 Å². The maximum Gasteiger partial charge on any atom is 0.255 e. The summed E-state index contributed by atoms with van der Waals surface area (Å²) in [5.74, 6) is 2.24. The number of aromatic hydroxyl groups is 1. The number of carbonyl (C=O) groups is 1. The van der Waals surface area contributed by atoms with Crippen LogP contribution in [-0.2, 0) is 0 Å². The summed E-state index contributed by atoms with van der Waals surface area (Å²) in [5, 5.41) is 12.2. The van der Waals surface area contributed by atoms with Gasteiger partial charge in [0.2, 0.25) is 0 Å². The van der Waals surface area contributed by atoms with Crippen molar-refractivity contribution in [2.75, 3.05) is 6.54 Å². The van der Waals surface area contributed by atoms with Gasteiger partial charge in [0.1, 0.15) is 5.75 Å². The van der Waals surface area contributed by atoms with Crippen molar-refractivity contribution in [1.82, 2.24) is 5.32 Å². The van der Waals surface area contributed by atoms with Crippen molar-refractivity contribution >= 4 is 5.91 Å². The lowest BCUT2D eigenvalue weighted by Crippen LogP contribution is -2.24. The summed E-state index contributed by atoms with van der Waals surface area (Å²) in [5.41, 5.74) is 1.24. The zero-order chi connectivity index (χ0) is 12.0. The number of rotatable bonds is 4. The number of carbonyl (C=O) groups excluding carboxylic acids is 1. The molecule has 0 radical (unpaired) electrons. The minimum Gasteiger partial charge on any atom is -0.507 e. The molecule has 1 rings (SSSR count). The summed E-state index contributed by atoms with van der Waals surface area (Å²) in [6, 6.07) is 4.93. The average molecular weight is 217 g/mol. The Hall–Kier alpha value is -1.95. The highest BCUT2D eigenvalue weighted by atomic mass is 16.3. The zero-order valence-electron chi connectivity index (χ0n) is 9.29. The van der Waals surface area contributed by atoms with Gasteiger partial charge in [-0.25, -0.2) is 0 Å². The van der Waals surface area contributed by atoms with Gasteiger partial charge < -0.3 is 10.4 Å². The fraction of sp³-hybridized carbons (Fsp3) is 0.308. The normalized spacial score (nSPS) is 9.50. The molecular formula is C13H15NO2. The monoisotopic (exact) mass is 217 g/mol. The van der Waals surface area contributed by atoms with Gasteiger partial charge in [0.05, 0.1) is 5.56 Å². The van der Waals surface area contributed by atoms with Crippen LogP contribution < -0.4 is 5.32 Å². The molecule has 0 aliphatic heterocycles. The van der Waals surface area contributed by atoms with Gasteiger partial charge in [-0.1, -0.05) is 11.6 Å². The lowest BCUT2D eigenvalue weighted by atomic mass is 10.1. The van der Waals surface area contributed by atoms with E-state index in [1.807, 2.05) is 6.92 Å². The molecule has 2 N–H and O–H groups in total. The number of benzene rings is 1. The molecule has 0 atom stereocenters. The molecule has 0 aliphatic rings. The van der Waals surface area contributed by atoms with E-state index in [4.69, 9.17) is 6.42 Å². The molecule has 0 unspecified atom stereocenters. The SMILES string of the molecule is C#CCCCNC(=O)c1cc(C)ccc1O. The summed E-state index contributed by atoms with van der Waals surface area (Å²) < 4.78 is 0. The topological polar surface area (TPSA) is 49.3 Å². The van der Waals surface area contributed by atoms with Crippen LogP contribution in [0.5, 0.6) is 5.75 Å². The molecule has 1 amide bonds. The van der Waals surface area contributed by atoms with Crippen molar-refractivity contribution in [3.05, 3.63) is 29.3 Å². The Morgan fingerprint density at radius 1 is 1.56 bits per heavy atom. The van der Waals surface area contributed by atoms with Gasteiger partial charge in [0.25, 0.3) is 5.91 Å². The molecule has 0 fully saturated rings. The van der Waals surface area contributed by atoms with Crippen molar-refractivity contribution < 1.29 is 9.90 Å². The Bertz CT molecular complexity index is 418. The first kappa shape index (κ1) is 12.1. The molecule has 0 aliphatic carbocycles. The standard InChI is InChI=1S/C13H15NO2/c1-3-4-5-8-14-13(16)11-9-10(2)6-7-12(11)15/h1,6-7,9,15H,4-5,8H2,2H3,(H,14,16). The Kier molecular flexibility index (Phi) is 4.41. The molecule has 0 spiro atoms. The van der Waals surface area contributed by atoms with E-state index in [2.05, 4.69) is 11.2 Å². The predicted octanol–water partition coefficient (Wildman–Crippen LogP) is 1.84. The summed E-state index contributed by atoms with van der Waals surface area (Å²) >= 11 is 0. The van der Waals surface area contributed by atoms with E-state index in [0.29, 0.717) is 18.5 Å². The van der Waals surface area contributed by atoms with Crippen LogP contribution in [-0.4, -0.2) is 17.6 Å². The van der Waals surface area contributed by atoms with E-state index in [-0.39, 0.29) is 11.7 Å². The first-order chi connectivity index (χ1) is 7.65. The molecule has 0 saturated carbocycles. The molecule has 0 aromatic heterocycles. The Balaban J connectivity index is 2.59. The maximum absolute atomic E-state index is 11.7. The van der Waals surface area contributed by atoms with E-state index in [1.165, 1.54) is 6.07 Å². The van der Waals surface area contributed by atoms with Crippen LogP contribution >= 0.6 is 0 Å². The van der Waals surface area contributed by atoms with Gasteiger partial charge in [-0.05, 0) is 25.5 Å². The van der Waals surface area contributed by atoms with Crippen molar-refractivity contribution in [2.45, 2.75) is 19.8 Å². The third-order valence-corrected chi connectivity index (χ3v) is 2.18. The second kappa shape index (κ2) is 5.82. The van der Waals surface area contributed by atoms with E-state index in [9.17, 15) is 9.90 Å². The molecule has 1 aromatic rings. The Morgan fingerprint density at radius 3 is 3.00 bits per heavy atom. The molecule has 16 heavy (non-hydrogen) atoms. The summed E-state index contributed by atoms with van der Waals surface area (Å²) in [6.07, 6.45) is 6.48. The molecule has 0 heterocycles. The molecular weight excluding hydrogens is 202 g/mol. The fourth-order valence-corrected chi connectivity index (χ4v) is 1.32. The average Bonchev–Trinajstić information content (AvgIpc) is 2.27. The van der Waals surface area contributed by atoms with Gasteiger partial charge in [-0.2, -0.15) is 0 Å². The minimum atomic E-state index is -0.266. The Morgan fingerprint density at radius 2 is 2.31 bits per heavy atom. The number of aryl methyl sites for hydroxylation is 1. The number of hydrogen-bond donors (Lipinski definition) is 2. The number of phenols is 1. The second-order valence-corrected chi connectivity index (χ2v) is 3.58. The molecule has 0 saturated heterocycles. The van der Waals surface area contributed by atoms with Crippen LogP contribution in [0.25, 0.3) is 0 Å². The smallest absolute Gasteiger partial charge is 0.255 e. The van der Waals surface area contributed by atoms with Crippen molar-refractivity contribution in [3.8, 4) is 18.1 Å². The van der Waals surface area contributed by atoms with Gasteiger partial charge in [-0.3, -0.25) is 4.79 Å². The number of phenolic OH excluding ortho intramolecular Hbond substituents is 1. The molecule has 84 valence electrons. The van der Waals surface area contributed by atoms with Crippen LogP contribution in [0, 0.1) is 19.3 Å². The molecule has 3 nitrogen and oxygen atoms in total. The highest BCUT2D eigenvalue weighted by Crippen LogP contribution is 2.17. The first-order valence-corrected chi connectivity index (χ1v) is 5.16. The third-order valence-electron chi connectivity index (χ3n) is 2.18. The summed E-state index contributed by atoms with van der Waals surface area (Å²) in [7, 11) is 0. The van der Waals surface area contributed by atoms with Crippen LogP contribution in [0.4, 0.5) is 0 Å². The fourth-order valence-electron chi connectivity index (χ4n) is 1.32. The number of hydrogen-bond acceptors (Lipinski definition) is 2. The summed E-state index contributed by atoms with van der Waals surface area (Å²) in [4.78, 5) is 11.7. The first-order valence-electron chi connectivity index (χ1n) is 5.16. The van der Waals surface area contributed by atoms with Crippen LogP contribution in [0.15, 0.2) is 18.2 Å². The number of unbranched alkanes of at least 4 members (excludes halogenated alkanes) is 1. The minimum absolute atomic E-state index is 0.0000462. The van der Waals surface area contributed by atoms with Gasteiger partial charge in [0, 0.05) is 13.0 Å². The largest absolute Gasteiger partial charge is 0.507 e. The third kappa shape index (κ3) is 3.32. The van der Waals surface area contributed by atoms with Gasteiger partial charge in [-0.15, -0.1) is 12.3 Å². The van der Waals surface area contributed by atoms with Crippen molar-refractivity contribution in [2.24, 2.45) is 0 Å². The van der Waals surface area contributed by atoms with E-state index < -0.39 is 0 Å². The lowest BCUT2D eigenvalue weighted by Gasteiger charge is -2.06. The summed E-state index contributed by atoms with van der Waals surface area (Å²) in [6.45, 7) is 2.39. The quantitative estimate of drug-likeness (QED) is 0.597. The number of nitrogens with one attached hydrogen (secondary N) is 1. The maximum atomic E-state index is 11.7. The zero-order valence-corrected chi connectivity index (χ0v) is 9.29.